The third-order valence-corrected chi connectivity index (χ3v) is 6.74. The fourth-order valence-electron chi connectivity index (χ4n) is 3.47. The molecule has 0 aliphatic carbocycles. The minimum atomic E-state index is -3.85. The highest BCUT2D eigenvalue weighted by Gasteiger charge is 2.31. The van der Waals surface area contributed by atoms with E-state index in [4.69, 9.17) is 23.2 Å². The molecule has 0 aliphatic rings. The second-order valence-electron chi connectivity index (χ2n) is 7.51. The molecule has 0 bridgehead atoms. The molecule has 1 atom stereocenters. The molecule has 0 aromatic heterocycles. The number of hydrogen-bond donors (Lipinski definition) is 1. The summed E-state index contributed by atoms with van der Waals surface area (Å²) in [4.78, 5) is 27.6. The van der Waals surface area contributed by atoms with Crippen LogP contribution in [0.15, 0.2) is 48.5 Å². The first-order chi connectivity index (χ1) is 15.6. The Balaban J connectivity index is 2.38. The van der Waals surface area contributed by atoms with Crippen molar-refractivity contribution in [2.24, 2.45) is 0 Å². The zero-order valence-corrected chi connectivity index (χ0v) is 21.3. The minimum Gasteiger partial charge on any atom is -0.355 e. The summed E-state index contributed by atoms with van der Waals surface area (Å²) in [6.07, 6.45) is 1.90. The van der Waals surface area contributed by atoms with Gasteiger partial charge in [0, 0.05) is 18.1 Å². The van der Waals surface area contributed by atoms with Gasteiger partial charge in [-0.15, -0.1) is 0 Å². The van der Waals surface area contributed by atoms with Crippen LogP contribution in [0.1, 0.15) is 25.8 Å². The van der Waals surface area contributed by atoms with E-state index in [0.29, 0.717) is 24.4 Å². The zero-order valence-electron chi connectivity index (χ0n) is 18.9. The van der Waals surface area contributed by atoms with E-state index >= 15 is 0 Å². The van der Waals surface area contributed by atoms with Gasteiger partial charge in [0.05, 0.1) is 17.0 Å². The highest BCUT2D eigenvalue weighted by atomic mass is 35.5. The Morgan fingerprint density at radius 2 is 1.73 bits per heavy atom. The van der Waals surface area contributed by atoms with E-state index in [2.05, 4.69) is 5.32 Å². The Labute approximate surface area is 205 Å². The number of rotatable bonds is 11. The van der Waals surface area contributed by atoms with Crippen LogP contribution < -0.4 is 9.62 Å². The van der Waals surface area contributed by atoms with Crippen LogP contribution in [0.3, 0.4) is 0 Å². The van der Waals surface area contributed by atoms with Gasteiger partial charge in [0.25, 0.3) is 0 Å². The van der Waals surface area contributed by atoms with Crippen molar-refractivity contribution in [2.75, 3.05) is 30.2 Å². The molecule has 0 heterocycles. The Morgan fingerprint density at radius 1 is 1.06 bits per heavy atom. The fourth-order valence-corrected chi connectivity index (χ4v) is 4.89. The summed E-state index contributed by atoms with van der Waals surface area (Å²) in [5, 5.41) is 3.21. The Bertz CT molecular complexity index is 1060. The first-order valence-corrected chi connectivity index (χ1v) is 13.2. The topological polar surface area (TPSA) is 86.8 Å². The van der Waals surface area contributed by atoms with Crippen molar-refractivity contribution in [3.63, 3.8) is 0 Å². The summed E-state index contributed by atoms with van der Waals surface area (Å²) >= 11 is 12.2. The van der Waals surface area contributed by atoms with Gasteiger partial charge in [-0.05, 0) is 43.5 Å². The highest BCUT2D eigenvalue weighted by Crippen LogP contribution is 2.30. The predicted molar refractivity (Wildman–Crippen MR) is 133 cm³/mol. The van der Waals surface area contributed by atoms with Gasteiger partial charge in [-0.2, -0.15) is 0 Å². The van der Waals surface area contributed by atoms with Gasteiger partial charge in [-0.25, -0.2) is 8.42 Å². The molecule has 10 heteroatoms. The van der Waals surface area contributed by atoms with Crippen LogP contribution >= 0.6 is 23.2 Å². The van der Waals surface area contributed by atoms with Gasteiger partial charge in [0.1, 0.15) is 12.6 Å². The van der Waals surface area contributed by atoms with Gasteiger partial charge in [0.15, 0.2) is 0 Å². The van der Waals surface area contributed by atoms with Gasteiger partial charge >= 0.3 is 0 Å². The number of benzene rings is 2. The second kappa shape index (κ2) is 12.3. The van der Waals surface area contributed by atoms with Crippen molar-refractivity contribution in [2.45, 2.75) is 32.7 Å². The average molecular weight is 514 g/mol. The molecule has 33 heavy (non-hydrogen) atoms. The summed E-state index contributed by atoms with van der Waals surface area (Å²) in [5.74, 6) is -0.780. The number of carbonyl (C=O) groups is 2. The number of nitrogens with zero attached hydrogens (tertiary/aromatic N) is 2. The van der Waals surface area contributed by atoms with Crippen LogP contribution in [-0.4, -0.2) is 57.1 Å². The molecule has 2 aromatic rings. The molecule has 0 saturated heterocycles. The Morgan fingerprint density at radius 3 is 2.27 bits per heavy atom. The summed E-state index contributed by atoms with van der Waals surface area (Å²) in [7, 11) is -3.85. The van der Waals surface area contributed by atoms with Crippen LogP contribution in [0.25, 0.3) is 0 Å². The lowest BCUT2D eigenvalue weighted by molar-refractivity contribution is -0.139. The smallest absolute Gasteiger partial charge is 0.244 e. The van der Waals surface area contributed by atoms with Gasteiger partial charge in [0.2, 0.25) is 21.8 Å². The van der Waals surface area contributed by atoms with E-state index in [-0.39, 0.29) is 23.2 Å². The van der Waals surface area contributed by atoms with Gasteiger partial charge < -0.3 is 10.2 Å². The lowest BCUT2D eigenvalue weighted by Gasteiger charge is -2.33. The largest absolute Gasteiger partial charge is 0.355 e. The molecule has 0 fully saturated rings. The maximum absolute atomic E-state index is 13.5. The predicted octanol–water partition coefficient (Wildman–Crippen LogP) is 3.75. The number of anilines is 1. The number of halogens is 2. The van der Waals surface area contributed by atoms with Crippen molar-refractivity contribution in [1.82, 2.24) is 10.2 Å². The summed E-state index contributed by atoms with van der Waals surface area (Å²) in [6, 6.07) is 13.2. The van der Waals surface area contributed by atoms with Gasteiger partial charge in [-0.1, -0.05) is 60.5 Å². The summed E-state index contributed by atoms with van der Waals surface area (Å²) in [5.41, 5.74) is 1.15. The molecule has 2 rings (SSSR count). The molecule has 0 aliphatic heterocycles. The first kappa shape index (κ1) is 27.0. The van der Waals surface area contributed by atoms with Gasteiger partial charge in [-0.3, -0.25) is 13.9 Å². The molecular weight excluding hydrogens is 485 g/mol. The number of hydrogen-bond acceptors (Lipinski definition) is 4. The van der Waals surface area contributed by atoms with Crippen molar-refractivity contribution < 1.29 is 18.0 Å². The average Bonchev–Trinajstić information content (AvgIpc) is 2.75. The Hall–Kier alpha value is -2.29. The molecular formula is C23H29Cl2N3O4S. The molecule has 2 amide bonds. The van der Waals surface area contributed by atoms with Crippen molar-refractivity contribution in [3.05, 3.63) is 64.1 Å². The molecule has 2 aromatic carbocycles. The van der Waals surface area contributed by atoms with E-state index in [0.717, 1.165) is 16.1 Å². The molecule has 0 saturated carbocycles. The van der Waals surface area contributed by atoms with Crippen molar-refractivity contribution in [3.8, 4) is 0 Å². The number of sulfonamides is 1. The third-order valence-electron chi connectivity index (χ3n) is 5.08. The second-order valence-corrected chi connectivity index (χ2v) is 10.3. The number of carbonyl (C=O) groups excluding carboxylic acids is 2. The lowest BCUT2D eigenvalue weighted by atomic mass is 10.1. The minimum absolute atomic E-state index is 0.104. The summed E-state index contributed by atoms with van der Waals surface area (Å²) in [6.45, 7) is 3.79. The Kier molecular flexibility index (Phi) is 10.0. The van der Waals surface area contributed by atoms with Crippen LogP contribution in [-0.2, 0) is 26.0 Å². The van der Waals surface area contributed by atoms with Crippen molar-refractivity contribution in [1.29, 1.82) is 0 Å². The molecule has 0 spiro atoms. The quantitative estimate of drug-likeness (QED) is 0.495. The summed E-state index contributed by atoms with van der Waals surface area (Å²) < 4.78 is 26.1. The van der Waals surface area contributed by atoms with E-state index < -0.39 is 28.5 Å². The standard InChI is InChI=1S/C23H29Cl2N3O4S/c1-4-20(23(30)26-5-2)27(14-13-17-9-7-6-8-10-17)22(29)16-28(33(3,31)32)21-12-11-18(24)15-19(21)25/h6-12,15,20H,4-5,13-14,16H2,1-3H3,(H,26,30)/t20-/m0/s1. The molecule has 1 N–H and O–H groups in total. The van der Waals surface area contributed by atoms with E-state index in [1.807, 2.05) is 37.3 Å². The van der Waals surface area contributed by atoms with Crippen LogP contribution in [0, 0.1) is 0 Å². The zero-order chi connectivity index (χ0) is 24.6. The fraction of sp³-hybridized carbons (Fsp3) is 0.391. The maximum atomic E-state index is 13.5. The normalized spacial score (nSPS) is 12.2. The van der Waals surface area contributed by atoms with E-state index in [1.54, 1.807) is 6.92 Å². The maximum Gasteiger partial charge on any atom is 0.244 e. The molecule has 0 unspecified atom stereocenters. The SMILES string of the molecule is CCNC(=O)[C@H](CC)N(CCc1ccccc1)C(=O)CN(c1ccc(Cl)cc1Cl)S(C)(=O)=O. The van der Waals surface area contributed by atoms with Crippen molar-refractivity contribution >= 4 is 50.7 Å². The van der Waals surface area contributed by atoms with E-state index in [9.17, 15) is 18.0 Å². The van der Waals surface area contributed by atoms with Crippen LogP contribution in [0.2, 0.25) is 10.0 Å². The molecule has 7 nitrogen and oxygen atoms in total. The van der Waals surface area contributed by atoms with Crippen LogP contribution in [0.4, 0.5) is 5.69 Å². The lowest BCUT2D eigenvalue weighted by Crippen LogP contribution is -2.53. The molecule has 180 valence electrons. The van der Waals surface area contributed by atoms with Crippen LogP contribution in [0.5, 0.6) is 0 Å². The number of likely N-dealkylation sites (N-methyl/N-ethyl adjacent to an activating group) is 1. The first-order valence-electron chi connectivity index (χ1n) is 10.6. The van der Waals surface area contributed by atoms with E-state index in [1.165, 1.54) is 23.1 Å². The number of amides is 2. The number of nitrogens with one attached hydrogen (secondary N) is 1. The highest BCUT2D eigenvalue weighted by molar-refractivity contribution is 7.92. The third kappa shape index (κ3) is 7.62. The molecule has 0 radical (unpaired) electrons. The monoisotopic (exact) mass is 513 g/mol.